The van der Waals surface area contributed by atoms with Crippen molar-refractivity contribution in [1.29, 1.82) is 0 Å². The average Bonchev–Trinajstić information content (AvgIpc) is 2.83. The maximum absolute atomic E-state index is 13.2. The molecule has 2 aromatic heterocycles. The van der Waals surface area contributed by atoms with Crippen LogP contribution in [0.15, 0.2) is 85.2 Å². The van der Waals surface area contributed by atoms with Gasteiger partial charge in [-0.3, -0.25) is 4.79 Å². The van der Waals surface area contributed by atoms with Crippen molar-refractivity contribution in [1.82, 2.24) is 0 Å². The van der Waals surface area contributed by atoms with E-state index in [0.717, 1.165) is 10.9 Å². The molecule has 0 aliphatic rings. The van der Waals surface area contributed by atoms with Gasteiger partial charge in [0.15, 0.2) is 0 Å². The number of methoxy groups -OCH3 is 1. The third kappa shape index (κ3) is 4.04. The molecule has 0 radical (unpaired) electrons. The van der Waals surface area contributed by atoms with Crippen LogP contribution >= 0.6 is 11.6 Å². The normalized spacial score (nSPS) is 11.1. The lowest BCUT2D eigenvalue weighted by atomic mass is 10.0. The van der Waals surface area contributed by atoms with Crippen LogP contribution in [0.3, 0.4) is 0 Å². The second-order valence-corrected chi connectivity index (χ2v) is 8.21. The van der Waals surface area contributed by atoms with Gasteiger partial charge in [-0.1, -0.05) is 23.7 Å². The molecule has 0 spiro atoms. The summed E-state index contributed by atoms with van der Waals surface area (Å²) < 4.78 is 22.4. The Kier molecular flexibility index (Phi) is 5.59. The smallest absolute Gasteiger partial charge is 0.336 e. The predicted octanol–water partition coefficient (Wildman–Crippen LogP) is 6.12. The summed E-state index contributed by atoms with van der Waals surface area (Å²) in [5, 5.41) is 1.79. The Labute approximate surface area is 198 Å². The minimum absolute atomic E-state index is 0.131. The van der Waals surface area contributed by atoms with Crippen molar-refractivity contribution in [2.24, 2.45) is 0 Å². The molecule has 3 aromatic carbocycles. The molecule has 0 fully saturated rings. The standard InChI is InChI=1S/C27H19ClO6/c1-15-26(16-3-5-18(28)6-4-16)27(30)22-10-8-20(13-24(22)33-15)32-14-17-11-25(29)34-23-12-19(31-2)7-9-21(17)23/h3-13H,14H2,1-2H3. The van der Waals surface area contributed by atoms with E-state index in [1.165, 1.54) is 6.07 Å². The van der Waals surface area contributed by atoms with E-state index in [-0.39, 0.29) is 12.0 Å². The highest BCUT2D eigenvalue weighted by atomic mass is 35.5. The van der Waals surface area contributed by atoms with Crippen LogP contribution in [0, 0.1) is 6.92 Å². The maximum Gasteiger partial charge on any atom is 0.336 e. The van der Waals surface area contributed by atoms with Gasteiger partial charge in [-0.05, 0) is 48.9 Å². The van der Waals surface area contributed by atoms with E-state index in [4.69, 9.17) is 29.9 Å². The Morgan fingerprint density at radius 1 is 0.824 bits per heavy atom. The molecule has 5 rings (SSSR count). The highest BCUT2D eigenvalue weighted by Gasteiger charge is 2.15. The molecule has 170 valence electrons. The van der Waals surface area contributed by atoms with Crippen LogP contribution in [0.5, 0.6) is 11.5 Å². The lowest BCUT2D eigenvalue weighted by Crippen LogP contribution is -2.08. The zero-order valence-corrected chi connectivity index (χ0v) is 19.1. The zero-order chi connectivity index (χ0) is 23.8. The number of benzene rings is 3. The van der Waals surface area contributed by atoms with Gasteiger partial charge in [0.1, 0.15) is 35.0 Å². The highest BCUT2D eigenvalue weighted by Crippen LogP contribution is 2.28. The monoisotopic (exact) mass is 474 g/mol. The average molecular weight is 475 g/mol. The fraction of sp³-hybridized carbons (Fsp3) is 0.111. The topological polar surface area (TPSA) is 78.9 Å². The third-order valence-electron chi connectivity index (χ3n) is 5.60. The lowest BCUT2D eigenvalue weighted by molar-refractivity contribution is 0.306. The second kappa shape index (κ2) is 8.72. The summed E-state index contributed by atoms with van der Waals surface area (Å²) >= 11 is 5.98. The van der Waals surface area contributed by atoms with Gasteiger partial charge < -0.3 is 18.3 Å². The molecule has 2 heterocycles. The van der Waals surface area contributed by atoms with Crippen LogP contribution in [0.1, 0.15) is 11.3 Å². The second-order valence-electron chi connectivity index (χ2n) is 7.77. The van der Waals surface area contributed by atoms with E-state index in [1.54, 1.807) is 68.6 Å². The summed E-state index contributed by atoms with van der Waals surface area (Å²) in [5.74, 6) is 1.59. The van der Waals surface area contributed by atoms with Crippen LogP contribution in [-0.4, -0.2) is 7.11 Å². The Balaban J connectivity index is 1.48. The van der Waals surface area contributed by atoms with Crippen LogP contribution < -0.4 is 20.5 Å². The number of fused-ring (bicyclic) bond motifs is 2. The number of hydrogen-bond donors (Lipinski definition) is 0. The summed E-state index contributed by atoms with van der Waals surface area (Å²) in [4.78, 5) is 25.2. The molecule has 6 nitrogen and oxygen atoms in total. The van der Waals surface area contributed by atoms with Crippen LogP contribution in [-0.2, 0) is 6.61 Å². The van der Waals surface area contributed by atoms with Gasteiger partial charge in [-0.15, -0.1) is 0 Å². The SMILES string of the molecule is COc1ccc2c(COc3ccc4c(=O)c(-c5ccc(Cl)cc5)c(C)oc4c3)cc(=O)oc2c1. The predicted molar refractivity (Wildman–Crippen MR) is 131 cm³/mol. The first kappa shape index (κ1) is 21.8. The quantitative estimate of drug-likeness (QED) is 0.286. The number of rotatable bonds is 5. The van der Waals surface area contributed by atoms with Gasteiger partial charge in [0.25, 0.3) is 0 Å². The molecule has 0 aliphatic carbocycles. The number of halogens is 1. The third-order valence-corrected chi connectivity index (χ3v) is 5.86. The maximum atomic E-state index is 13.2. The largest absolute Gasteiger partial charge is 0.497 e. The van der Waals surface area contributed by atoms with E-state index in [9.17, 15) is 9.59 Å². The number of aryl methyl sites for hydroxylation is 1. The molecule has 0 N–H and O–H groups in total. The van der Waals surface area contributed by atoms with Gasteiger partial charge in [0.05, 0.1) is 18.1 Å². The molecule has 5 aromatic rings. The Morgan fingerprint density at radius 2 is 1.50 bits per heavy atom. The minimum atomic E-state index is -0.478. The van der Waals surface area contributed by atoms with Crippen molar-refractivity contribution < 1.29 is 18.3 Å². The van der Waals surface area contributed by atoms with Gasteiger partial charge >= 0.3 is 5.63 Å². The molecule has 0 saturated carbocycles. The Morgan fingerprint density at radius 3 is 2.26 bits per heavy atom. The summed E-state index contributed by atoms with van der Waals surface area (Å²) in [7, 11) is 1.55. The van der Waals surface area contributed by atoms with E-state index in [1.807, 2.05) is 6.07 Å². The first-order valence-corrected chi connectivity index (χ1v) is 10.9. The summed E-state index contributed by atoms with van der Waals surface area (Å²) in [6.45, 7) is 1.88. The van der Waals surface area contributed by atoms with Crippen LogP contribution in [0.25, 0.3) is 33.1 Å². The lowest BCUT2D eigenvalue weighted by Gasteiger charge is -2.11. The van der Waals surface area contributed by atoms with Crippen molar-refractivity contribution >= 4 is 33.5 Å². The van der Waals surface area contributed by atoms with Crippen molar-refractivity contribution in [3.8, 4) is 22.6 Å². The molecule has 0 unspecified atom stereocenters. The van der Waals surface area contributed by atoms with Gasteiger partial charge in [0, 0.05) is 34.2 Å². The molecule has 0 aliphatic heterocycles. The fourth-order valence-electron chi connectivity index (χ4n) is 3.94. The first-order chi connectivity index (χ1) is 16.4. The van der Waals surface area contributed by atoms with Crippen molar-refractivity contribution in [3.63, 3.8) is 0 Å². The van der Waals surface area contributed by atoms with E-state index >= 15 is 0 Å². The molecule has 0 bridgehead atoms. The van der Waals surface area contributed by atoms with E-state index in [0.29, 0.717) is 50.0 Å². The molecule has 34 heavy (non-hydrogen) atoms. The molecule has 0 atom stereocenters. The Bertz CT molecular complexity index is 1650. The molecule has 7 heteroatoms. The molecular formula is C27H19ClO6. The number of hydrogen-bond acceptors (Lipinski definition) is 6. The summed E-state index contributed by atoms with van der Waals surface area (Å²) in [6.07, 6.45) is 0. The van der Waals surface area contributed by atoms with Crippen molar-refractivity contribution in [2.45, 2.75) is 13.5 Å². The van der Waals surface area contributed by atoms with Gasteiger partial charge in [-0.2, -0.15) is 0 Å². The minimum Gasteiger partial charge on any atom is -0.497 e. The number of ether oxygens (including phenoxy) is 2. The molecule has 0 saturated heterocycles. The Hall–Kier alpha value is -4.03. The molecule has 0 amide bonds. The van der Waals surface area contributed by atoms with Crippen molar-refractivity contribution in [3.05, 3.63) is 104 Å². The van der Waals surface area contributed by atoms with Gasteiger partial charge in [0.2, 0.25) is 5.43 Å². The highest BCUT2D eigenvalue weighted by molar-refractivity contribution is 6.30. The molecular weight excluding hydrogens is 456 g/mol. The summed E-state index contributed by atoms with van der Waals surface area (Å²) in [5.41, 5.74) is 2.13. The van der Waals surface area contributed by atoms with E-state index < -0.39 is 5.63 Å². The van der Waals surface area contributed by atoms with Gasteiger partial charge in [-0.25, -0.2) is 4.79 Å². The fourth-order valence-corrected chi connectivity index (χ4v) is 4.07. The zero-order valence-electron chi connectivity index (χ0n) is 18.4. The van der Waals surface area contributed by atoms with E-state index in [2.05, 4.69) is 0 Å². The van der Waals surface area contributed by atoms with Crippen LogP contribution in [0.4, 0.5) is 0 Å². The van der Waals surface area contributed by atoms with Crippen LogP contribution in [0.2, 0.25) is 5.02 Å². The van der Waals surface area contributed by atoms with Crippen molar-refractivity contribution in [2.75, 3.05) is 7.11 Å². The summed E-state index contributed by atoms with van der Waals surface area (Å²) in [6, 6.07) is 18.8. The first-order valence-electron chi connectivity index (χ1n) is 10.5.